The summed E-state index contributed by atoms with van der Waals surface area (Å²) >= 11 is 1.60. The first-order chi connectivity index (χ1) is 12.8. The molecule has 0 bridgehead atoms. The minimum Gasteiger partial charge on any atom is -0.485 e. The summed E-state index contributed by atoms with van der Waals surface area (Å²) in [6.45, 7) is 0.191. The molecular weight excluding hydrogens is 346 g/mol. The van der Waals surface area contributed by atoms with Gasteiger partial charge in [0.15, 0.2) is 11.5 Å². The minimum atomic E-state index is -0.681. The van der Waals surface area contributed by atoms with Crippen molar-refractivity contribution in [3.8, 4) is 11.5 Å². The van der Waals surface area contributed by atoms with E-state index in [1.807, 2.05) is 72.8 Å². The van der Waals surface area contributed by atoms with E-state index < -0.39 is 6.10 Å². The van der Waals surface area contributed by atoms with Gasteiger partial charge >= 0.3 is 0 Å². The van der Waals surface area contributed by atoms with Gasteiger partial charge in [-0.2, -0.15) is 0 Å². The zero-order valence-electron chi connectivity index (χ0n) is 13.9. The molecule has 0 radical (unpaired) electrons. The molecule has 1 amide bonds. The van der Waals surface area contributed by atoms with Crippen molar-refractivity contribution in [1.29, 1.82) is 0 Å². The van der Waals surface area contributed by atoms with E-state index in [1.54, 1.807) is 17.8 Å². The Bertz CT molecular complexity index is 914. The molecule has 0 unspecified atom stereocenters. The van der Waals surface area contributed by atoms with Gasteiger partial charge in [-0.25, -0.2) is 0 Å². The van der Waals surface area contributed by atoms with Gasteiger partial charge in [0.2, 0.25) is 6.10 Å². The fourth-order valence-electron chi connectivity index (χ4n) is 2.64. The van der Waals surface area contributed by atoms with Crippen LogP contribution in [0.15, 0.2) is 88.7 Å². The number of fused-ring (bicyclic) bond motifs is 1. The lowest BCUT2D eigenvalue weighted by Crippen LogP contribution is -2.40. The molecule has 0 aromatic heterocycles. The number of ether oxygens (including phenoxy) is 2. The third kappa shape index (κ3) is 3.68. The molecular formula is C21H17NO3S. The lowest BCUT2D eigenvalue weighted by molar-refractivity contribution is -0.125. The molecule has 0 fully saturated rings. The Morgan fingerprint density at radius 1 is 0.885 bits per heavy atom. The Kier molecular flexibility index (Phi) is 4.80. The van der Waals surface area contributed by atoms with E-state index in [9.17, 15) is 4.79 Å². The normalized spacial score (nSPS) is 15.3. The van der Waals surface area contributed by atoms with Crippen LogP contribution in [-0.4, -0.2) is 18.6 Å². The standard InChI is InChI=1S/C21H17NO3S/c23-21(19-14-24-17-11-5-6-12-18(17)25-19)22-16-10-4-7-13-20(16)26-15-8-2-1-3-9-15/h1-13,19H,14H2,(H,22,23)/t19-/m0/s1. The van der Waals surface area contributed by atoms with E-state index in [1.165, 1.54) is 0 Å². The molecule has 0 saturated carbocycles. The van der Waals surface area contributed by atoms with Crippen molar-refractivity contribution in [3.63, 3.8) is 0 Å². The van der Waals surface area contributed by atoms with Crippen LogP contribution in [0.25, 0.3) is 0 Å². The molecule has 4 rings (SSSR count). The maximum Gasteiger partial charge on any atom is 0.269 e. The first-order valence-corrected chi connectivity index (χ1v) is 9.12. The van der Waals surface area contributed by atoms with Crippen LogP contribution in [0.2, 0.25) is 0 Å². The molecule has 1 atom stereocenters. The number of para-hydroxylation sites is 3. The Hall–Kier alpha value is -2.92. The van der Waals surface area contributed by atoms with Gasteiger partial charge in [0.25, 0.3) is 5.91 Å². The van der Waals surface area contributed by atoms with Gasteiger partial charge in [0.1, 0.15) is 6.61 Å². The van der Waals surface area contributed by atoms with Gasteiger partial charge in [-0.15, -0.1) is 0 Å². The zero-order valence-corrected chi connectivity index (χ0v) is 14.7. The highest BCUT2D eigenvalue weighted by molar-refractivity contribution is 7.99. The monoisotopic (exact) mass is 363 g/mol. The molecule has 4 nitrogen and oxygen atoms in total. The fraction of sp³-hybridized carbons (Fsp3) is 0.0952. The highest BCUT2D eigenvalue weighted by Crippen LogP contribution is 2.34. The molecule has 1 N–H and O–H groups in total. The molecule has 3 aromatic rings. The lowest BCUT2D eigenvalue weighted by atomic mass is 10.2. The van der Waals surface area contributed by atoms with Crippen LogP contribution in [0.1, 0.15) is 0 Å². The van der Waals surface area contributed by atoms with Crippen molar-refractivity contribution in [2.75, 3.05) is 11.9 Å². The van der Waals surface area contributed by atoms with Gasteiger partial charge in [0.05, 0.1) is 5.69 Å². The molecule has 1 aliphatic rings. The average molecular weight is 363 g/mol. The summed E-state index contributed by atoms with van der Waals surface area (Å²) in [5.41, 5.74) is 0.758. The predicted octanol–water partition coefficient (Wildman–Crippen LogP) is 4.62. The van der Waals surface area contributed by atoms with Crippen LogP contribution in [-0.2, 0) is 4.79 Å². The van der Waals surface area contributed by atoms with Crippen molar-refractivity contribution in [2.45, 2.75) is 15.9 Å². The van der Waals surface area contributed by atoms with E-state index in [-0.39, 0.29) is 12.5 Å². The number of anilines is 1. The van der Waals surface area contributed by atoms with Crippen molar-refractivity contribution in [2.24, 2.45) is 0 Å². The van der Waals surface area contributed by atoms with Crippen molar-refractivity contribution >= 4 is 23.4 Å². The maximum absolute atomic E-state index is 12.7. The molecule has 0 aliphatic carbocycles. The van der Waals surface area contributed by atoms with Gasteiger partial charge in [-0.3, -0.25) is 4.79 Å². The largest absolute Gasteiger partial charge is 0.485 e. The summed E-state index contributed by atoms with van der Waals surface area (Å²) in [7, 11) is 0. The number of benzene rings is 3. The third-order valence-corrected chi connectivity index (χ3v) is 5.00. The van der Waals surface area contributed by atoms with Crippen LogP contribution >= 0.6 is 11.8 Å². The number of nitrogens with one attached hydrogen (secondary N) is 1. The summed E-state index contributed by atoms with van der Waals surface area (Å²) in [4.78, 5) is 14.7. The number of rotatable bonds is 4. The topological polar surface area (TPSA) is 47.6 Å². The molecule has 26 heavy (non-hydrogen) atoms. The number of hydrogen-bond acceptors (Lipinski definition) is 4. The van der Waals surface area contributed by atoms with E-state index >= 15 is 0 Å². The smallest absolute Gasteiger partial charge is 0.269 e. The summed E-state index contributed by atoms with van der Waals surface area (Å²) in [6, 6.07) is 25.1. The highest BCUT2D eigenvalue weighted by atomic mass is 32.2. The van der Waals surface area contributed by atoms with Crippen molar-refractivity contribution in [1.82, 2.24) is 0 Å². The number of amides is 1. The summed E-state index contributed by atoms with van der Waals surface area (Å²) in [5, 5.41) is 2.97. The quantitative estimate of drug-likeness (QED) is 0.735. The van der Waals surface area contributed by atoms with E-state index in [4.69, 9.17) is 9.47 Å². The molecule has 3 aromatic carbocycles. The van der Waals surface area contributed by atoms with E-state index in [0.717, 1.165) is 15.5 Å². The second-order valence-electron chi connectivity index (χ2n) is 5.76. The first-order valence-electron chi connectivity index (χ1n) is 8.31. The van der Waals surface area contributed by atoms with Gasteiger partial charge in [-0.05, 0) is 36.4 Å². The SMILES string of the molecule is O=C(Nc1ccccc1Sc1ccccc1)[C@@H]1COc2ccccc2O1. The van der Waals surface area contributed by atoms with E-state index in [0.29, 0.717) is 11.5 Å². The Morgan fingerprint density at radius 2 is 1.58 bits per heavy atom. The number of carbonyl (C=O) groups is 1. The first kappa shape index (κ1) is 16.5. The van der Waals surface area contributed by atoms with Crippen LogP contribution in [0.4, 0.5) is 5.69 Å². The second-order valence-corrected chi connectivity index (χ2v) is 6.88. The second kappa shape index (κ2) is 7.54. The van der Waals surface area contributed by atoms with Crippen LogP contribution < -0.4 is 14.8 Å². The number of hydrogen-bond donors (Lipinski definition) is 1. The molecule has 1 aliphatic heterocycles. The highest BCUT2D eigenvalue weighted by Gasteiger charge is 2.27. The van der Waals surface area contributed by atoms with Crippen LogP contribution in [0.5, 0.6) is 11.5 Å². The lowest BCUT2D eigenvalue weighted by Gasteiger charge is -2.25. The maximum atomic E-state index is 12.7. The molecule has 1 heterocycles. The Balaban J connectivity index is 1.48. The minimum absolute atomic E-state index is 0.191. The molecule has 0 spiro atoms. The average Bonchev–Trinajstić information content (AvgIpc) is 2.70. The third-order valence-electron chi connectivity index (χ3n) is 3.92. The molecule has 0 saturated heterocycles. The molecule has 5 heteroatoms. The van der Waals surface area contributed by atoms with E-state index in [2.05, 4.69) is 5.32 Å². The van der Waals surface area contributed by atoms with Gasteiger partial charge < -0.3 is 14.8 Å². The van der Waals surface area contributed by atoms with Crippen LogP contribution in [0, 0.1) is 0 Å². The van der Waals surface area contributed by atoms with Crippen LogP contribution in [0.3, 0.4) is 0 Å². The summed E-state index contributed by atoms with van der Waals surface area (Å²) in [6.07, 6.45) is -0.681. The molecule has 130 valence electrons. The zero-order chi connectivity index (χ0) is 17.8. The predicted molar refractivity (Wildman–Crippen MR) is 102 cm³/mol. The van der Waals surface area contributed by atoms with Gasteiger partial charge in [-0.1, -0.05) is 54.2 Å². The van der Waals surface area contributed by atoms with Crippen molar-refractivity contribution < 1.29 is 14.3 Å². The van der Waals surface area contributed by atoms with Gasteiger partial charge in [0, 0.05) is 9.79 Å². The summed E-state index contributed by atoms with van der Waals surface area (Å²) in [5.74, 6) is 1.03. The fourth-order valence-corrected chi connectivity index (χ4v) is 3.56. The summed E-state index contributed by atoms with van der Waals surface area (Å²) < 4.78 is 11.4. The van der Waals surface area contributed by atoms with Crippen molar-refractivity contribution in [3.05, 3.63) is 78.9 Å². The number of carbonyl (C=O) groups excluding carboxylic acids is 1. The Labute approximate surface area is 156 Å². The Morgan fingerprint density at radius 3 is 2.42 bits per heavy atom.